The van der Waals surface area contributed by atoms with Crippen molar-refractivity contribution < 1.29 is 14.6 Å². The molecule has 0 aromatic heterocycles. The molecule has 1 unspecified atom stereocenters. The standard InChI is InChI=1S/C16H28O3/c17-13-9-6-4-2-1-3-5-7-10-14-18-16-12-8-11-15-19-16/h2,4,9,13,16-17H,1,3,5-8,10-12,14-15H2/b4-2?,13-9-. The number of hydrogen-bond acceptors (Lipinski definition) is 3. The van der Waals surface area contributed by atoms with Gasteiger partial charge in [0, 0.05) is 13.2 Å². The second kappa shape index (κ2) is 12.2. The van der Waals surface area contributed by atoms with E-state index in [2.05, 4.69) is 12.2 Å². The number of allylic oxidation sites excluding steroid dienone is 3. The van der Waals surface area contributed by atoms with Crippen molar-refractivity contribution in [2.45, 2.75) is 64.1 Å². The second-order valence-corrected chi connectivity index (χ2v) is 4.96. The molecule has 0 bridgehead atoms. The lowest BCUT2D eigenvalue weighted by Crippen LogP contribution is -2.22. The van der Waals surface area contributed by atoms with Crippen LogP contribution in [0.5, 0.6) is 0 Å². The first-order chi connectivity index (χ1) is 9.43. The topological polar surface area (TPSA) is 38.7 Å². The summed E-state index contributed by atoms with van der Waals surface area (Å²) in [6.07, 6.45) is 17.5. The SMILES string of the molecule is O/C=C\CC=CCCCCCCOC1CCCCO1. The van der Waals surface area contributed by atoms with Gasteiger partial charge in [-0.1, -0.05) is 25.0 Å². The van der Waals surface area contributed by atoms with E-state index < -0.39 is 0 Å². The van der Waals surface area contributed by atoms with Gasteiger partial charge < -0.3 is 14.6 Å². The van der Waals surface area contributed by atoms with Crippen molar-refractivity contribution in [3.05, 3.63) is 24.5 Å². The van der Waals surface area contributed by atoms with Crippen LogP contribution < -0.4 is 0 Å². The van der Waals surface area contributed by atoms with Crippen molar-refractivity contribution >= 4 is 0 Å². The molecule has 0 radical (unpaired) electrons. The highest BCUT2D eigenvalue weighted by molar-refractivity contribution is 4.89. The summed E-state index contributed by atoms with van der Waals surface area (Å²) in [5.74, 6) is 0. The first-order valence-electron chi connectivity index (χ1n) is 7.61. The molecule has 3 heteroatoms. The van der Waals surface area contributed by atoms with Crippen LogP contribution in [0.4, 0.5) is 0 Å². The van der Waals surface area contributed by atoms with Crippen LogP contribution in [-0.2, 0) is 9.47 Å². The average molecular weight is 268 g/mol. The summed E-state index contributed by atoms with van der Waals surface area (Å²) < 4.78 is 11.2. The van der Waals surface area contributed by atoms with Crippen LogP contribution in [0.1, 0.15) is 57.8 Å². The van der Waals surface area contributed by atoms with Crippen molar-refractivity contribution in [3.8, 4) is 0 Å². The van der Waals surface area contributed by atoms with Gasteiger partial charge in [0.25, 0.3) is 0 Å². The first-order valence-corrected chi connectivity index (χ1v) is 7.61. The predicted octanol–water partition coefficient (Wildman–Crippen LogP) is 4.50. The second-order valence-electron chi connectivity index (χ2n) is 4.96. The minimum atomic E-state index is 0.0660. The lowest BCUT2D eigenvalue weighted by atomic mass is 10.1. The normalized spacial score (nSPS) is 20.5. The molecule has 1 aliphatic rings. The zero-order valence-corrected chi connectivity index (χ0v) is 11.9. The summed E-state index contributed by atoms with van der Waals surface area (Å²) in [6, 6.07) is 0. The Balaban J connectivity index is 1.79. The fourth-order valence-corrected chi connectivity index (χ4v) is 2.13. The van der Waals surface area contributed by atoms with Crippen LogP contribution in [0.3, 0.4) is 0 Å². The van der Waals surface area contributed by atoms with E-state index in [4.69, 9.17) is 14.6 Å². The maximum atomic E-state index is 8.45. The van der Waals surface area contributed by atoms with Gasteiger partial charge in [-0.3, -0.25) is 0 Å². The van der Waals surface area contributed by atoms with Crippen molar-refractivity contribution in [3.63, 3.8) is 0 Å². The maximum absolute atomic E-state index is 8.45. The third-order valence-electron chi connectivity index (χ3n) is 3.25. The maximum Gasteiger partial charge on any atom is 0.157 e. The number of unbranched alkanes of at least 4 members (excludes halogenated alkanes) is 4. The highest BCUT2D eigenvalue weighted by atomic mass is 16.7. The molecule has 1 N–H and O–H groups in total. The van der Waals surface area contributed by atoms with E-state index in [1.54, 1.807) is 6.08 Å². The lowest BCUT2D eigenvalue weighted by Gasteiger charge is -2.22. The minimum absolute atomic E-state index is 0.0660. The van der Waals surface area contributed by atoms with Crippen LogP contribution in [0.15, 0.2) is 24.5 Å². The summed E-state index contributed by atoms with van der Waals surface area (Å²) in [5.41, 5.74) is 0. The van der Waals surface area contributed by atoms with Gasteiger partial charge >= 0.3 is 0 Å². The summed E-state index contributed by atoms with van der Waals surface area (Å²) >= 11 is 0. The zero-order chi connectivity index (χ0) is 13.6. The number of hydrogen-bond donors (Lipinski definition) is 1. The molecule has 3 nitrogen and oxygen atoms in total. The predicted molar refractivity (Wildman–Crippen MR) is 78.2 cm³/mol. The molecule has 0 amide bonds. The molecule has 0 aliphatic carbocycles. The number of aliphatic hydroxyl groups excluding tert-OH is 1. The molecule has 110 valence electrons. The monoisotopic (exact) mass is 268 g/mol. The Bertz CT molecular complexity index is 242. The Morgan fingerprint density at radius 3 is 2.74 bits per heavy atom. The molecule has 1 rings (SSSR count). The minimum Gasteiger partial charge on any atom is -0.516 e. The molecule has 19 heavy (non-hydrogen) atoms. The number of ether oxygens (including phenoxy) is 2. The van der Waals surface area contributed by atoms with Gasteiger partial charge in [0.2, 0.25) is 0 Å². The summed E-state index contributed by atoms with van der Waals surface area (Å²) in [5, 5.41) is 8.45. The largest absolute Gasteiger partial charge is 0.516 e. The molecule has 1 atom stereocenters. The van der Waals surface area contributed by atoms with E-state index in [0.717, 1.165) is 45.2 Å². The first kappa shape index (κ1) is 16.3. The van der Waals surface area contributed by atoms with Gasteiger partial charge in [-0.25, -0.2) is 0 Å². The Labute approximate surface area is 117 Å². The van der Waals surface area contributed by atoms with E-state index in [1.807, 2.05) is 0 Å². The van der Waals surface area contributed by atoms with Gasteiger partial charge in [0.1, 0.15) is 0 Å². The summed E-state index contributed by atoms with van der Waals surface area (Å²) in [4.78, 5) is 0. The zero-order valence-electron chi connectivity index (χ0n) is 11.9. The molecule has 1 fully saturated rings. The molecular formula is C16H28O3. The van der Waals surface area contributed by atoms with Crippen molar-refractivity contribution in [2.75, 3.05) is 13.2 Å². The van der Waals surface area contributed by atoms with Crippen molar-refractivity contribution in [1.82, 2.24) is 0 Å². The number of rotatable bonds is 10. The van der Waals surface area contributed by atoms with E-state index >= 15 is 0 Å². The Morgan fingerprint density at radius 1 is 1.05 bits per heavy atom. The number of aliphatic hydroxyl groups is 1. The molecule has 0 saturated carbocycles. The molecule has 1 aliphatic heterocycles. The van der Waals surface area contributed by atoms with Gasteiger partial charge in [-0.15, -0.1) is 0 Å². The van der Waals surface area contributed by atoms with Crippen LogP contribution in [0.2, 0.25) is 0 Å². The third-order valence-corrected chi connectivity index (χ3v) is 3.25. The molecule has 0 aromatic rings. The van der Waals surface area contributed by atoms with Crippen molar-refractivity contribution in [1.29, 1.82) is 0 Å². The molecular weight excluding hydrogens is 240 g/mol. The van der Waals surface area contributed by atoms with E-state index in [9.17, 15) is 0 Å². The Morgan fingerprint density at radius 2 is 1.95 bits per heavy atom. The molecule has 1 heterocycles. The van der Waals surface area contributed by atoms with Gasteiger partial charge in [0.15, 0.2) is 6.29 Å². The fourth-order valence-electron chi connectivity index (χ4n) is 2.13. The Hall–Kier alpha value is -0.800. The van der Waals surface area contributed by atoms with E-state index in [1.165, 1.54) is 32.1 Å². The van der Waals surface area contributed by atoms with Gasteiger partial charge in [-0.05, 0) is 51.0 Å². The van der Waals surface area contributed by atoms with E-state index in [0.29, 0.717) is 0 Å². The van der Waals surface area contributed by atoms with Gasteiger partial charge in [-0.2, -0.15) is 0 Å². The molecule has 0 aromatic carbocycles. The van der Waals surface area contributed by atoms with E-state index in [-0.39, 0.29) is 6.29 Å². The molecule has 1 saturated heterocycles. The highest BCUT2D eigenvalue weighted by Gasteiger charge is 2.12. The Kier molecular flexibility index (Phi) is 10.5. The van der Waals surface area contributed by atoms with Gasteiger partial charge in [0.05, 0.1) is 6.26 Å². The van der Waals surface area contributed by atoms with Crippen LogP contribution in [-0.4, -0.2) is 24.6 Å². The van der Waals surface area contributed by atoms with Crippen molar-refractivity contribution in [2.24, 2.45) is 0 Å². The van der Waals surface area contributed by atoms with Crippen LogP contribution in [0.25, 0.3) is 0 Å². The fraction of sp³-hybridized carbons (Fsp3) is 0.750. The molecule has 0 spiro atoms. The van der Waals surface area contributed by atoms with Crippen LogP contribution >= 0.6 is 0 Å². The highest BCUT2D eigenvalue weighted by Crippen LogP contribution is 2.14. The quantitative estimate of drug-likeness (QED) is 0.360. The average Bonchev–Trinajstić information content (AvgIpc) is 2.46. The lowest BCUT2D eigenvalue weighted by molar-refractivity contribution is -0.162. The smallest absolute Gasteiger partial charge is 0.157 e. The third kappa shape index (κ3) is 9.74. The summed E-state index contributed by atoms with van der Waals surface area (Å²) in [6.45, 7) is 1.70. The van der Waals surface area contributed by atoms with Crippen LogP contribution in [0, 0.1) is 0 Å². The summed E-state index contributed by atoms with van der Waals surface area (Å²) in [7, 11) is 0.